The lowest BCUT2D eigenvalue weighted by molar-refractivity contribution is -0.131. The first-order chi connectivity index (χ1) is 14.1. The Labute approximate surface area is 200 Å². The summed E-state index contributed by atoms with van der Waals surface area (Å²) >= 11 is 0. The maximum atomic E-state index is 12.4. The molecule has 1 aliphatic rings. The van der Waals surface area contributed by atoms with Crippen molar-refractivity contribution < 1.29 is 4.79 Å². The van der Waals surface area contributed by atoms with Gasteiger partial charge in [-0.25, -0.2) is 0 Å². The van der Waals surface area contributed by atoms with Crippen LogP contribution in [0.15, 0.2) is 35.3 Å². The van der Waals surface area contributed by atoms with E-state index in [0.717, 1.165) is 58.2 Å². The van der Waals surface area contributed by atoms with Crippen LogP contribution in [0.2, 0.25) is 0 Å². The third-order valence-electron chi connectivity index (χ3n) is 5.61. The van der Waals surface area contributed by atoms with Gasteiger partial charge in [0, 0.05) is 46.3 Å². The van der Waals surface area contributed by atoms with E-state index < -0.39 is 0 Å². The van der Waals surface area contributed by atoms with Crippen molar-refractivity contribution in [1.29, 1.82) is 0 Å². The van der Waals surface area contributed by atoms with Gasteiger partial charge in [0.05, 0.1) is 6.54 Å². The van der Waals surface area contributed by atoms with Gasteiger partial charge in [-0.2, -0.15) is 0 Å². The molecule has 170 valence electrons. The summed E-state index contributed by atoms with van der Waals surface area (Å²) in [6.07, 6.45) is 2.30. The van der Waals surface area contributed by atoms with Crippen LogP contribution in [-0.2, 0) is 11.2 Å². The van der Waals surface area contributed by atoms with Crippen molar-refractivity contribution in [2.45, 2.75) is 33.6 Å². The number of carbonyl (C=O) groups is 1. The third kappa shape index (κ3) is 8.79. The van der Waals surface area contributed by atoms with Gasteiger partial charge in [0.15, 0.2) is 5.96 Å². The van der Waals surface area contributed by atoms with Crippen LogP contribution in [0, 0.1) is 5.92 Å². The number of nitrogens with one attached hydrogen (secondary N) is 1. The van der Waals surface area contributed by atoms with E-state index in [0.29, 0.717) is 12.5 Å². The number of guanidine groups is 1. The number of halogens is 1. The van der Waals surface area contributed by atoms with Gasteiger partial charge in [-0.05, 0) is 51.6 Å². The highest BCUT2D eigenvalue weighted by Crippen LogP contribution is 2.17. The van der Waals surface area contributed by atoms with Crippen LogP contribution in [0.4, 0.5) is 0 Å². The molecular weight excluding hydrogens is 489 g/mol. The van der Waals surface area contributed by atoms with Crippen molar-refractivity contribution >= 4 is 35.8 Å². The molecule has 1 amide bonds. The SMILES string of the molecule is CCNC(=NCC1CCN(CCc2ccccc2)C1)N(C)CC(=O)N(CC)CC.I. The van der Waals surface area contributed by atoms with Crippen molar-refractivity contribution in [3.63, 3.8) is 0 Å². The summed E-state index contributed by atoms with van der Waals surface area (Å²) in [4.78, 5) is 23.6. The lowest BCUT2D eigenvalue weighted by atomic mass is 10.1. The highest BCUT2D eigenvalue weighted by atomic mass is 127. The predicted octanol–water partition coefficient (Wildman–Crippen LogP) is 2.93. The Bertz CT molecular complexity index is 636. The zero-order valence-electron chi connectivity index (χ0n) is 19.1. The summed E-state index contributed by atoms with van der Waals surface area (Å²) in [5.74, 6) is 1.57. The fourth-order valence-corrected chi connectivity index (χ4v) is 3.84. The first-order valence-corrected chi connectivity index (χ1v) is 11.1. The largest absolute Gasteiger partial charge is 0.357 e. The summed E-state index contributed by atoms with van der Waals surface area (Å²) in [6, 6.07) is 10.7. The van der Waals surface area contributed by atoms with Gasteiger partial charge in [-0.3, -0.25) is 9.79 Å². The van der Waals surface area contributed by atoms with Crippen LogP contribution in [0.25, 0.3) is 0 Å². The van der Waals surface area contributed by atoms with E-state index in [1.54, 1.807) is 0 Å². The lowest BCUT2D eigenvalue weighted by Crippen LogP contribution is -2.45. The number of rotatable bonds is 10. The maximum Gasteiger partial charge on any atom is 0.242 e. The number of carbonyl (C=O) groups excluding carboxylic acids is 1. The van der Waals surface area contributed by atoms with E-state index in [9.17, 15) is 4.79 Å². The molecule has 1 fully saturated rings. The van der Waals surface area contributed by atoms with Crippen LogP contribution in [0.3, 0.4) is 0 Å². The first kappa shape index (κ1) is 26.7. The van der Waals surface area contributed by atoms with Gasteiger partial charge in [-0.15, -0.1) is 24.0 Å². The number of amides is 1. The zero-order chi connectivity index (χ0) is 21.1. The molecule has 1 unspecified atom stereocenters. The van der Waals surface area contributed by atoms with Crippen LogP contribution in [-0.4, -0.2) is 86.0 Å². The molecule has 0 aromatic heterocycles. The standard InChI is InChI=1S/C23H39N5O.HI/c1-5-24-23(26(4)19-22(29)28(6-2)7-3)25-17-21-14-16-27(18-21)15-13-20-11-9-8-10-12-20;/h8-12,21H,5-7,13-19H2,1-4H3,(H,24,25);1H. The Balaban J connectivity index is 0.00000450. The quantitative estimate of drug-likeness (QED) is 0.288. The van der Waals surface area contributed by atoms with Gasteiger partial charge in [0.2, 0.25) is 5.91 Å². The van der Waals surface area contributed by atoms with Crippen molar-refractivity contribution in [2.24, 2.45) is 10.9 Å². The van der Waals surface area contributed by atoms with E-state index in [4.69, 9.17) is 4.99 Å². The monoisotopic (exact) mass is 529 g/mol. The van der Waals surface area contributed by atoms with E-state index in [1.165, 1.54) is 12.0 Å². The summed E-state index contributed by atoms with van der Waals surface area (Å²) in [5.41, 5.74) is 1.41. The highest BCUT2D eigenvalue weighted by molar-refractivity contribution is 14.0. The molecule has 2 rings (SSSR count). The molecule has 1 saturated heterocycles. The molecule has 1 aromatic rings. The van der Waals surface area contributed by atoms with E-state index in [-0.39, 0.29) is 29.9 Å². The molecule has 0 spiro atoms. The third-order valence-corrected chi connectivity index (χ3v) is 5.61. The van der Waals surface area contributed by atoms with Crippen molar-refractivity contribution in [3.8, 4) is 0 Å². The molecule has 0 bridgehead atoms. The van der Waals surface area contributed by atoms with Gasteiger partial charge >= 0.3 is 0 Å². The summed E-state index contributed by atoms with van der Waals surface area (Å²) < 4.78 is 0. The number of likely N-dealkylation sites (tertiary alicyclic amines) is 1. The zero-order valence-corrected chi connectivity index (χ0v) is 21.5. The number of hydrogen-bond donors (Lipinski definition) is 1. The van der Waals surface area contributed by atoms with Crippen LogP contribution in [0.5, 0.6) is 0 Å². The second-order valence-electron chi connectivity index (χ2n) is 7.81. The summed E-state index contributed by atoms with van der Waals surface area (Å²) in [7, 11) is 1.95. The topological polar surface area (TPSA) is 51.2 Å². The van der Waals surface area contributed by atoms with Crippen LogP contribution in [0.1, 0.15) is 32.8 Å². The molecule has 1 aliphatic heterocycles. The second-order valence-corrected chi connectivity index (χ2v) is 7.81. The summed E-state index contributed by atoms with van der Waals surface area (Å²) in [6.45, 7) is 13.0. The van der Waals surface area contributed by atoms with Gasteiger partial charge in [-0.1, -0.05) is 30.3 Å². The molecule has 7 heteroatoms. The van der Waals surface area contributed by atoms with Gasteiger partial charge in [0.25, 0.3) is 0 Å². The second kappa shape index (κ2) is 14.6. The van der Waals surface area contributed by atoms with Crippen molar-refractivity contribution in [3.05, 3.63) is 35.9 Å². The molecular formula is C23H40IN5O. The highest BCUT2D eigenvalue weighted by Gasteiger charge is 2.22. The Morgan fingerprint density at radius 1 is 1.20 bits per heavy atom. The van der Waals surface area contributed by atoms with E-state index in [2.05, 4.69) is 47.5 Å². The molecule has 6 nitrogen and oxygen atoms in total. The minimum absolute atomic E-state index is 0. The fraction of sp³-hybridized carbons (Fsp3) is 0.652. The molecule has 1 aromatic carbocycles. The number of benzene rings is 1. The Morgan fingerprint density at radius 3 is 2.53 bits per heavy atom. The normalized spacial score (nSPS) is 16.8. The van der Waals surface area contributed by atoms with E-state index >= 15 is 0 Å². The molecule has 30 heavy (non-hydrogen) atoms. The minimum Gasteiger partial charge on any atom is -0.357 e. The number of hydrogen-bond acceptors (Lipinski definition) is 3. The van der Waals surface area contributed by atoms with Crippen molar-refractivity contribution in [2.75, 3.05) is 59.4 Å². The smallest absolute Gasteiger partial charge is 0.242 e. The molecule has 0 aliphatic carbocycles. The lowest BCUT2D eigenvalue weighted by Gasteiger charge is -2.26. The average molecular weight is 530 g/mol. The minimum atomic E-state index is 0. The fourth-order valence-electron chi connectivity index (χ4n) is 3.84. The van der Waals surface area contributed by atoms with Crippen LogP contribution >= 0.6 is 24.0 Å². The number of aliphatic imine (C=N–C) groups is 1. The Morgan fingerprint density at radius 2 is 1.90 bits per heavy atom. The summed E-state index contributed by atoms with van der Waals surface area (Å²) in [5, 5.41) is 3.34. The first-order valence-electron chi connectivity index (χ1n) is 11.1. The van der Waals surface area contributed by atoms with Gasteiger partial charge in [0.1, 0.15) is 0 Å². The van der Waals surface area contributed by atoms with Crippen molar-refractivity contribution in [1.82, 2.24) is 20.0 Å². The van der Waals surface area contributed by atoms with E-state index in [1.807, 2.05) is 30.7 Å². The maximum absolute atomic E-state index is 12.4. The molecule has 0 radical (unpaired) electrons. The molecule has 1 N–H and O–H groups in total. The molecule has 1 atom stereocenters. The number of nitrogens with zero attached hydrogens (tertiary/aromatic N) is 4. The average Bonchev–Trinajstić information content (AvgIpc) is 3.19. The van der Waals surface area contributed by atoms with Gasteiger partial charge < -0.3 is 20.0 Å². The Hall–Kier alpha value is -1.35. The number of likely N-dealkylation sites (N-methyl/N-ethyl adjacent to an activating group) is 2. The molecule has 0 saturated carbocycles. The Kier molecular flexibility index (Phi) is 13.0. The van der Waals surface area contributed by atoms with Crippen LogP contribution < -0.4 is 5.32 Å². The predicted molar refractivity (Wildman–Crippen MR) is 137 cm³/mol. The molecule has 1 heterocycles.